The van der Waals surface area contributed by atoms with Crippen LogP contribution >= 0.6 is 0 Å². The second kappa shape index (κ2) is 15.0. The maximum absolute atomic E-state index is 12.8. The molecule has 0 unspecified atom stereocenters. The first-order chi connectivity index (χ1) is 15.7. The van der Waals surface area contributed by atoms with E-state index >= 15 is 0 Å². The van der Waals surface area contributed by atoms with Crippen LogP contribution in [-0.2, 0) is 35.2 Å². The van der Waals surface area contributed by atoms with Crippen molar-refractivity contribution >= 4 is 23.7 Å². The summed E-state index contributed by atoms with van der Waals surface area (Å²) in [4.78, 5) is 49.8. The number of benzene rings is 1. The molecule has 0 heterocycles. The lowest BCUT2D eigenvalue weighted by Crippen LogP contribution is -2.54. The number of ether oxygens (including phenoxy) is 3. The van der Waals surface area contributed by atoms with Crippen molar-refractivity contribution in [3.63, 3.8) is 0 Å². The highest BCUT2D eigenvalue weighted by Gasteiger charge is 2.30. The van der Waals surface area contributed by atoms with Crippen molar-refractivity contribution in [1.29, 1.82) is 0 Å². The van der Waals surface area contributed by atoms with Crippen LogP contribution in [0.4, 0.5) is 4.79 Å². The van der Waals surface area contributed by atoms with Crippen LogP contribution in [0.15, 0.2) is 30.3 Å². The summed E-state index contributed by atoms with van der Waals surface area (Å²) in [6.45, 7) is 5.50. The lowest BCUT2D eigenvalue weighted by molar-refractivity contribution is -0.142. The summed E-state index contributed by atoms with van der Waals surface area (Å²) in [6.07, 6.45) is -0.921. The van der Waals surface area contributed by atoms with Crippen molar-refractivity contribution in [3.8, 4) is 0 Å². The van der Waals surface area contributed by atoms with E-state index in [1.54, 1.807) is 6.92 Å². The Bertz CT molecular complexity index is 767. The average molecular weight is 466 g/mol. The predicted molar refractivity (Wildman–Crippen MR) is 121 cm³/mol. The van der Waals surface area contributed by atoms with Gasteiger partial charge in [-0.2, -0.15) is 0 Å². The first kappa shape index (κ1) is 28.1. The van der Waals surface area contributed by atoms with Crippen molar-refractivity contribution in [2.24, 2.45) is 5.92 Å². The van der Waals surface area contributed by atoms with Gasteiger partial charge in [-0.25, -0.2) is 4.79 Å². The minimum Gasteiger partial charge on any atom is -0.445 e. The number of amides is 3. The summed E-state index contributed by atoms with van der Waals surface area (Å²) in [6, 6.07) is 7.17. The lowest BCUT2D eigenvalue weighted by atomic mass is 10.0. The van der Waals surface area contributed by atoms with Crippen LogP contribution in [0.3, 0.4) is 0 Å². The molecule has 0 aromatic heterocycles. The van der Waals surface area contributed by atoms with Gasteiger partial charge in [0.2, 0.25) is 11.7 Å². The van der Waals surface area contributed by atoms with E-state index in [1.807, 2.05) is 44.2 Å². The molecule has 10 nitrogen and oxygen atoms in total. The van der Waals surface area contributed by atoms with Crippen molar-refractivity contribution in [3.05, 3.63) is 35.9 Å². The van der Waals surface area contributed by atoms with Gasteiger partial charge in [0.25, 0.3) is 5.91 Å². The van der Waals surface area contributed by atoms with E-state index in [9.17, 15) is 19.2 Å². The van der Waals surface area contributed by atoms with Gasteiger partial charge in [0.15, 0.2) is 6.29 Å². The first-order valence-electron chi connectivity index (χ1n) is 10.9. The van der Waals surface area contributed by atoms with E-state index in [4.69, 9.17) is 14.2 Å². The first-order valence-corrected chi connectivity index (χ1v) is 10.9. The van der Waals surface area contributed by atoms with Gasteiger partial charge in [-0.3, -0.25) is 14.4 Å². The molecule has 1 aromatic carbocycles. The van der Waals surface area contributed by atoms with Crippen LogP contribution in [0.25, 0.3) is 0 Å². The highest BCUT2D eigenvalue weighted by Crippen LogP contribution is 2.08. The number of alkyl carbamates (subject to hydrolysis) is 1. The molecule has 0 radical (unpaired) electrons. The Morgan fingerprint density at radius 3 is 2.12 bits per heavy atom. The van der Waals surface area contributed by atoms with Crippen molar-refractivity contribution in [2.75, 3.05) is 20.8 Å². The Balaban J connectivity index is 2.70. The fraction of sp³-hybridized carbons (Fsp3) is 0.565. The summed E-state index contributed by atoms with van der Waals surface area (Å²) >= 11 is 0. The molecule has 0 aliphatic heterocycles. The molecular formula is C23H35N3O7. The van der Waals surface area contributed by atoms with Gasteiger partial charge >= 0.3 is 6.09 Å². The molecule has 0 spiro atoms. The summed E-state index contributed by atoms with van der Waals surface area (Å²) in [5.41, 5.74) is 0.810. The minimum absolute atomic E-state index is 0.0211. The van der Waals surface area contributed by atoms with Gasteiger partial charge in [-0.1, -0.05) is 51.1 Å². The standard InChI is InChI=1S/C23H35N3O7/c1-6-17(20(27)22(29)24-13-19(31-4)32-5)25-21(28)18(12-15(2)3)26-23(30)33-14-16-10-8-7-9-11-16/h7-11,15,17-19H,6,12-14H2,1-5H3,(H,24,29)(H,25,28)(H,26,30)/t17-,18-/m0/s1. The molecule has 1 aromatic rings. The van der Waals surface area contributed by atoms with Crippen LogP contribution in [0, 0.1) is 5.92 Å². The van der Waals surface area contributed by atoms with Gasteiger partial charge < -0.3 is 30.2 Å². The van der Waals surface area contributed by atoms with Gasteiger partial charge in [0.1, 0.15) is 12.6 Å². The normalized spacial score (nSPS) is 12.7. The molecule has 0 saturated heterocycles. The molecule has 0 aliphatic rings. The second-order valence-corrected chi connectivity index (χ2v) is 7.83. The number of Topliss-reactive ketones (excluding diaryl/α,β-unsaturated/α-hetero) is 1. The maximum Gasteiger partial charge on any atom is 0.408 e. The van der Waals surface area contributed by atoms with E-state index in [-0.39, 0.29) is 25.5 Å². The number of carbonyl (C=O) groups excluding carboxylic acids is 4. The quantitative estimate of drug-likeness (QED) is 0.280. The van der Waals surface area contributed by atoms with Crippen LogP contribution in [0.5, 0.6) is 0 Å². The molecule has 0 bridgehead atoms. The van der Waals surface area contributed by atoms with Crippen LogP contribution < -0.4 is 16.0 Å². The third-order valence-corrected chi connectivity index (χ3v) is 4.75. The molecule has 0 aliphatic carbocycles. The van der Waals surface area contributed by atoms with Crippen molar-refractivity contribution in [1.82, 2.24) is 16.0 Å². The number of rotatable bonds is 14. The molecule has 184 valence electrons. The molecule has 3 amide bonds. The average Bonchev–Trinajstić information content (AvgIpc) is 2.81. The van der Waals surface area contributed by atoms with Crippen LogP contribution in [0.1, 0.15) is 39.2 Å². The molecular weight excluding hydrogens is 430 g/mol. The van der Waals surface area contributed by atoms with Crippen LogP contribution in [-0.4, -0.2) is 62.8 Å². The molecule has 0 saturated carbocycles. The predicted octanol–water partition coefficient (Wildman–Crippen LogP) is 1.53. The number of nitrogens with one attached hydrogen (secondary N) is 3. The summed E-state index contributed by atoms with van der Waals surface area (Å²) in [7, 11) is 2.81. The smallest absolute Gasteiger partial charge is 0.408 e. The third-order valence-electron chi connectivity index (χ3n) is 4.75. The molecule has 33 heavy (non-hydrogen) atoms. The fourth-order valence-electron chi connectivity index (χ4n) is 2.92. The van der Waals surface area contributed by atoms with E-state index in [1.165, 1.54) is 14.2 Å². The topological polar surface area (TPSA) is 132 Å². The Kier molecular flexibility index (Phi) is 12.7. The Morgan fingerprint density at radius 1 is 0.939 bits per heavy atom. The zero-order valence-corrected chi connectivity index (χ0v) is 19.9. The highest BCUT2D eigenvalue weighted by atomic mass is 16.7. The SMILES string of the molecule is CC[C@H](NC(=O)[C@H](CC(C)C)NC(=O)OCc1ccccc1)C(=O)C(=O)NCC(OC)OC. The number of carbonyl (C=O) groups is 4. The van der Waals surface area contributed by atoms with Crippen LogP contribution in [0.2, 0.25) is 0 Å². The number of methoxy groups -OCH3 is 2. The molecule has 0 fully saturated rings. The monoisotopic (exact) mass is 465 g/mol. The molecule has 2 atom stereocenters. The van der Waals surface area contributed by atoms with E-state index < -0.39 is 42.1 Å². The van der Waals surface area contributed by atoms with Crippen molar-refractivity contribution < 1.29 is 33.4 Å². The molecule has 1 rings (SSSR count). The zero-order chi connectivity index (χ0) is 24.8. The Morgan fingerprint density at radius 2 is 1.58 bits per heavy atom. The maximum atomic E-state index is 12.8. The van der Waals surface area contributed by atoms with E-state index in [2.05, 4.69) is 16.0 Å². The van der Waals surface area contributed by atoms with Gasteiger partial charge in [-0.05, 0) is 24.3 Å². The van der Waals surface area contributed by atoms with Gasteiger partial charge in [0, 0.05) is 14.2 Å². The molecule has 10 heteroatoms. The number of hydrogen-bond donors (Lipinski definition) is 3. The highest BCUT2D eigenvalue weighted by molar-refractivity contribution is 6.38. The summed E-state index contributed by atoms with van der Waals surface area (Å²) < 4.78 is 15.1. The number of ketones is 1. The fourth-order valence-corrected chi connectivity index (χ4v) is 2.92. The zero-order valence-electron chi connectivity index (χ0n) is 19.9. The van der Waals surface area contributed by atoms with E-state index in [0.717, 1.165) is 5.56 Å². The number of hydrogen-bond acceptors (Lipinski definition) is 7. The summed E-state index contributed by atoms with van der Waals surface area (Å²) in [5.74, 6) is -2.15. The van der Waals surface area contributed by atoms with E-state index in [0.29, 0.717) is 6.42 Å². The Hall–Kier alpha value is -2.98. The Labute approximate surface area is 194 Å². The molecule has 3 N–H and O–H groups in total. The van der Waals surface area contributed by atoms with Gasteiger partial charge in [0.05, 0.1) is 12.6 Å². The summed E-state index contributed by atoms with van der Waals surface area (Å²) in [5, 5.41) is 7.54. The minimum atomic E-state index is -1.04. The van der Waals surface area contributed by atoms with Crippen molar-refractivity contribution in [2.45, 2.75) is 58.6 Å². The third kappa shape index (κ3) is 10.5. The lowest BCUT2D eigenvalue weighted by Gasteiger charge is -2.23. The van der Waals surface area contributed by atoms with Gasteiger partial charge in [-0.15, -0.1) is 0 Å². The second-order valence-electron chi connectivity index (χ2n) is 7.83. The largest absolute Gasteiger partial charge is 0.445 e.